The van der Waals surface area contributed by atoms with Gasteiger partial charge in [0.1, 0.15) is 12.1 Å². The van der Waals surface area contributed by atoms with Crippen molar-refractivity contribution in [3.05, 3.63) is 36.2 Å². The Bertz CT molecular complexity index is 685. The molecule has 0 saturated carbocycles. The van der Waals surface area contributed by atoms with Crippen molar-refractivity contribution in [2.75, 3.05) is 31.5 Å². The smallest absolute Gasteiger partial charge is 0.322 e. The molecule has 3 rings (SSSR count). The largest absolute Gasteiger partial charge is 0.364 e. The molecular weight excluding hydrogens is 320 g/mol. The first kappa shape index (κ1) is 17.3. The fourth-order valence-corrected chi connectivity index (χ4v) is 2.64. The second-order valence-corrected chi connectivity index (χ2v) is 7.23. The van der Waals surface area contributed by atoms with Crippen LogP contribution < -0.4 is 5.32 Å². The molecule has 0 aliphatic carbocycles. The molecule has 134 valence electrons. The molecular formula is C17H24N6O2. The second-order valence-electron chi connectivity index (χ2n) is 7.23. The number of urea groups is 1. The molecule has 25 heavy (non-hydrogen) atoms. The number of aromatic nitrogens is 3. The Morgan fingerprint density at radius 3 is 2.44 bits per heavy atom. The second kappa shape index (κ2) is 7.18. The Balaban J connectivity index is 1.49. The zero-order valence-corrected chi connectivity index (χ0v) is 14.9. The number of carbonyl (C=O) groups is 1. The van der Waals surface area contributed by atoms with Crippen molar-refractivity contribution in [2.24, 2.45) is 0 Å². The molecule has 0 atom stereocenters. The van der Waals surface area contributed by atoms with E-state index in [2.05, 4.69) is 46.1 Å². The Morgan fingerprint density at radius 2 is 1.88 bits per heavy atom. The summed E-state index contributed by atoms with van der Waals surface area (Å²) < 4.78 is 4.85. The van der Waals surface area contributed by atoms with Crippen LogP contribution in [0.25, 0.3) is 0 Å². The van der Waals surface area contributed by atoms with Crippen LogP contribution in [0.15, 0.2) is 29.2 Å². The maximum absolute atomic E-state index is 12.4. The first-order valence-corrected chi connectivity index (χ1v) is 8.42. The standard InChI is InChI=1S/C17H24N6O2/c1-17(2,3)15-18-10-14(11-19-15)20-16(24)23-7-5-22(6-8-23)12-13-4-9-25-21-13/h4,9-11H,5-8,12H2,1-3H3,(H,20,24). The molecule has 3 heterocycles. The zero-order chi connectivity index (χ0) is 17.9. The molecule has 0 aromatic carbocycles. The van der Waals surface area contributed by atoms with Gasteiger partial charge >= 0.3 is 6.03 Å². The summed E-state index contributed by atoms with van der Waals surface area (Å²) in [6.45, 7) is 9.86. The van der Waals surface area contributed by atoms with Crippen molar-refractivity contribution in [2.45, 2.75) is 32.7 Å². The number of nitrogens with one attached hydrogen (secondary N) is 1. The van der Waals surface area contributed by atoms with Crippen molar-refractivity contribution >= 4 is 11.7 Å². The zero-order valence-electron chi connectivity index (χ0n) is 14.9. The highest BCUT2D eigenvalue weighted by Crippen LogP contribution is 2.18. The van der Waals surface area contributed by atoms with Crippen LogP contribution in [0.1, 0.15) is 32.3 Å². The number of carbonyl (C=O) groups excluding carboxylic acids is 1. The van der Waals surface area contributed by atoms with Gasteiger partial charge < -0.3 is 14.7 Å². The van der Waals surface area contributed by atoms with Gasteiger partial charge in [-0.2, -0.15) is 0 Å². The van der Waals surface area contributed by atoms with Crippen LogP contribution in [-0.2, 0) is 12.0 Å². The summed E-state index contributed by atoms with van der Waals surface area (Å²) in [5.74, 6) is 0.756. The molecule has 0 unspecified atom stereocenters. The van der Waals surface area contributed by atoms with Crippen molar-refractivity contribution < 1.29 is 9.32 Å². The monoisotopic (exact) mass is 344 g/mol. The van der Waals surface area contributed by atoms with Crippen molar-refractivity contribution in [1.29, 1.82) is 0 Å². The predicted molar refractivity (Wildman–Crippen MR) is 93.1 cm³/mol. The van der Waals surface area contributed by atoms with Crippen LogP contribution >= 0.6 is 0 Å². The lowest BCUT2D eigenvalue weighted by Gasteiger charge is -2.34. The van der Waals surface area contributed by atoms with Crippen LogP contribution in [0.5, 0.6) is 0 Å². The number of amides is 2. The molecule has 0 bridgehead atoms. The highest BCUT2D eigenvalue weighted by atomic mass is 16.5. The molecule has 2 amide bonds. The van der Waals surface area contributed by atoms with Gasteiger partial charge in [0.15, 0.2) is 0 Å². The molecule has 0 spiro atoms. The maximum Gasteiger partial charge on any atom is 0.322 e. The lowest BCUT2D eigenvalue weighted by molar-refractivity contribution is 0.141. The van der Waals surface area contributed by atoms with Crippen molar-refractivity contribution in [3.63, 3.8) is 0 Å². The van der Waals surface area contributed by atoms with Crippen LogP contribution in [0.2, 0.25) is 0 Å². The first-order chi connectivity index (χ1) is 11.9. The third-order valence-electron chi connectivity index (χ3n) is 4.11. The summed E-state index contributed by atoms with van der Waals surface area (Å²) >= 11 is 0. The van der Waals surface area contributed by atoms with Gasteiger partial charge in [-0.15, -0.1) is 0 Å². The Hall–Kier alpha value is -2.48. The summed E-state index contributed by atoms with van der Waals surface area (Å²) in [6, 6.07) is 1.74. The SMILES string of the molecule is CC(C)(C)c1ncc(NC(=O)N2CCN(Cc3ccon3)CC2)cn1. The fraction of sp³-hybridized carbons (Fsp3) is 0.529. The first-order valence-electron chi connectivity index (χ1n) is 8.42. The fourth-order valence-electron chi connectivity index (χ4n) is 2.64. The van der Waals surface area contributed by atoms with Gasteiger partial charge in [0.05, 0.1) is 23.8 Å². The number of nitrogens with zero attached hydrogens (tertiary/aromatic N) is 5. The van der Waals surface area contributed by atoms with Crippen LogP contribution in [0.3, 0.4) is 0 Å². The minimum absolute atomic E-state index is 0.108. The third kappa shape index (κ3) is 4.54. The highest BCUT2D eigenvalue weighted by Gasteiger charge is 2.22. The van der Waals surface area contributed by atoms with Gasteiger partial charge in [0.2, 0.25) is 0 Å². The minimum Gasteiger partial charge on any atom is -0.364 e. The predicted octanol–water partition coefficient (Wildman–Crippen LogP) is 2.11. The molecule has 1 fully saturated rings. The molecule has 1 aliphatic heterocycles. The summed E-state index contributed by atoms with van der Waals surface area (Å²) in [5.41, 5.74) is 1.42. The van der Waals surface area contributed by atoms with Crippen LogP contribution in [0, 0.1) is 0 Å². The topological polar surface area (TPSA) is 87.4 Å². The van der Waals surface area contributed by atoms with Gasteiger partial charge in [-0.25, -0.2) is 14.8 Å². The van der Waals surface area contributed by atoms with Crippen LogP contribution in [0.4, 0.5) is 10.5 Å². The lowest BCUT2D eigenvalue weighted by Crippen LogP contribution is -2.49. The van der Waals surface area contributed by atoms with Gasteiger partial charge in [0.25, 0.3) is 0 Å². The van der Waals surface area contributed by atoms with Crippen molar-refractivity contribution in [1.82, 2.24) is 24.9 Å². The van der Waals surface area contributed by atoms with E-state index in [0.29, 0.717) is 18.8 Å². The number of hydrogen-bond acceptors (Lipinski definition) is 6. The third-order valence-corrected chi connectivity index (χ3v) is 4.11. The van der Waals surface area contributed by atoms with Gasteiger partial charge in [-0.3, -0.25) is 4.90 Å². The maximum atomic E-state index is 12.4. The van der Waals surface area contributed by atoms with E-state index >= 15 is 0 Å². The number of anilines is 1. The molecule has 8 nitrogen and oxygen atoms in total. The van der Waals surface area contributed by atoms with Crippen molar-refractivity contribution in [3.8, 4) is 0 Å². The molecule has 2 aromatic rings. The van der Waals surface area contributed by atoms with E-state index in [1.165, 1.54) is 0 Å². The summed E-state index contributed by atoms with van der Waals surface area (Å²) in [6.07, 6.45) is 4.89. The Kier molecular flexibility index (Phi) is 4.98. The van der Waals surface area contributed by atoms with E-state index in [0.717, 1.165) is 31.2 Å². The minimum atomic E-state index is -0.117. The normalized spacial score (nSPS) is 16.0. The molecule has 8 heteroatoms. The molecule has 1 N–H and O–H groups in total. The van der Waals surface area contributed by atoms with Gasteiger partial charge in [-0.05, 0) is 0 Å². The quantitative estimate of drug-likeness (QED) is 0.917. The van der Waals surface area contributed by atoms with E-state index in [1.54, 1.807) is 23.6 Å². The molecule has 1 aliphatic rings. The van der Waals surface area contributed by atoms with E-state index in [1.807, 2.05) is 6.07 Å². The van der Waals surface area contributed by atoms with E-state index < -0.39 is 0 Å². The van der Waals surface area contributed by atoms with E-state index in [-0.39, 0.29) is 11.4 Å². The van der Waals surface area contributed by atoms with Crippen LogP contribution in [-0.4, -0.2) is 57.1 Å². The summed E-state index contributed by atoms with van der Waals surface area (Å²) in [5, 5.41) is 6.79. The molecule has 1 saturated heterocycles. The van der Waals surface area contributed by atoms with E-state index in [9.17, 15) is 4.79 Å². The van der Waals surface area contributed by atoms with Gasteiger partial charge in [-0.1, -0.05) is 25.9 Å². The molecule has 0 radical (unpaired) electrons. The number of rotatable bonds is 3. The number of piperazine rings is 1. The average molecular weight is 344 g/mol. The average Bonchev–Trinajstić information content (AvgIpc) is 3.08. The summed E-state index contributed by atoms with van der Waals surface area (Å²) in [7, 11) is 0. The lowest BCUT2D eigenvalue weighted by atomic mass is 9.96. The molecule has 2 aromatic heterocycles. The number of hydrogen-bond donors (Lipinski definition) is 1. The Morgan fingerprint density at radius 1 is 1.20 bits per heavy atom. The Labute approximate surface area is 147 Å². The van der Waals surface area contributed by atoms with E-state index in [4.69, 9.17) is 4.52 Å². The highest BCUT2D eigenvalue weighted by molar-refractivity contribution is 5.89. The van der Waals surface area contributed by atoms with Gasteiger partial charge in [0, 0.05) is 44.2 Å². The summed E-state index contributed by atoms with van der Waals surface area (Å²) in [4.78, 5) is 25.1.